The van der Waals surface area contributed by atoms with Gasteiger partial charge in [0.1, 0.15) is 23.0 Å². The van der Waals surface area contributed by atoms with Crippen molar-refractivity contribution in [3.8, 4) is 34.1 Å². The van der Waals surface area contributed by atoms with E-state index in [1.165, 1.54) is 0 Å². The first kappa shape index (κ1) is 39.9. The Labute approximate surface area is 306 Å². The van der Waals surface area contributed by atoms with Gasteiger partial charge in [0.15, 0.2) is 0 Å². The number of phenols is 4. The summed E-state index contributed by atoms with van der Waals surface area (Å²) in [5.41, 5.74) is 5.20. The lowest BCUT2D eigenvalue weighted by atomic mass is 9.77. The van der Waals surface area contributed by atoms with Crippen molar-refractivity contribution < 1.29 is 29.7 Å². The molecular formula is C42H48BBrO6. The highest BCUT2D eigenvalue weighted by Crippen LogP contribution is 2.39. The van der Waals surface area contributed by atoms with E-state index in [0.29, 0.717) is 23.0 Å². The van der Waals surface area contributed by atoms with Crippen molar-refractivity contribution >= 4 is 28.5 Å². The Morgan fingerprint density at radius 1 is 0.600 bits per heavy atom. The molecule has 4 aromatic rings. The Kier molecular flexibility index (Phi) is 14.3. The van der Waals surface area contributed by atoms with Crippen LogP contribution in [0.1, 0.15) is 49.9 Å². The number of phenolic OH excluding ortho intramolecular Hbond substituents is 4. The van der Waals surface area contributed by atoms with Gasteiger partial charge >= 0.3 is 7.12 Å². The Morgan fingerprint density at radius 3 is 1.60 bits per heavy atom. The van der Waals surface area contributed by atoms with Crippen LogP contribution in [-0.2, 0) is 35.0 Å². The zero-order valence-electron chi connectivity index (χ0n) is 29.5. The number of halogens is 1. The summed E-state index contributed by atoms with van der Waals surface area (Å²) in [6.07, 6.45) is 10.1. The minimum absolute atomic E-state index is 0.156. The van der Waals surface area contributed by atoms with Crippen molar-refractivity contribution in [2.75, 3.05) is 0 Å². The van der Waals surface area contributed by atoms with Crippen molar-refractivity contribution in [2.24, 2.45) is 0 Å². The van der Waals surface area contributed by atoms with Crippen molar-refractivity contribution in [2.45, 2.75) is 64.6 Å². The zero-order valence-corrected chi connectivity index (χ0v) is 31.0. The average molecular weight is 740 g/mol. The summed E-state index contributed by atoms with van der Waals surface area (Å²) in [4.78, 5) is 0. The van der Waals surface area contributed by atoms with Crippen molar-refractivity contribution in [1.82, 2.24) is 0 Å². The standard InChI is InChI=1S/C18H18O2.C15H21BO3.C9H9BrO/c1-3-6-13-10-11-17(19)16(12-13)15-9-5-8-14(7-4-2)18(15)20;1-6-7-11-8-9-13(17)12(10-11)16-18-14(2,3)15(4,5)19-16;1-2-3-7-4-5-9(11)8(10)6-7/h3-5,8-12,19-20H,1-2,6-7H2;6,8-10,17H,1,7H2,2-5H3;2,4-6,11H,1,3H2. The number of rotatable bonds is 10. The fraction of sp³-hybridized carbons (Fsp3) is 0.238. The highest BCUT2D eigenvalue weighted by molar-refractivity contribution is 9.10. The predicted molar refractivity (Wildman–Crippen MR) is 210 cm³/mol. The van der Waals surface area contributed by atoms with Gasteiger partial charge in [0.05, 0.1) is 15.7 Å². The van der Waals surface area contributed by atoms with Gasteiger partial charge in [-0.15, -0.1) is 26.3 Å². The molecule has 1 fully saturated rings. The molecule has 1 saturated heterocycles. The largest absolute Gasteiger partial charge is 0.508 e. The first-order valence-corrected chi connectivity index (χ1v) is 17.2. The van der Waals surface area contributed by atoms with E-state index in [2.05, 4.69) is 42.2 Å². The topological polar surface area (TPSA) is 99.4 Å². The van der Waals surface area contributed by atoms with Crippen LogP contribution in [-0.4, -0.2) is 38.7 Å². The van der Waals surface area contributed by atoms with Gasteiger partial charge in [-0.3, -0.25) is 0 Å². The zero-order chi connectivity index (χ0) is 37.1. The maximum Gasteiger partial charge on any atom is 0.498 e. The van der Waals surface area contributed by atoms with Crippen LogP contribution in [0.4, 0.5) is 0 Å². The molecule has 4 aromatic carbocycles. The number of aromatic hydroxyl groups is 4. The molecule has 6 nitrogen and oxygen atoms in total. The third-order valence-electron chi connectivity index (χ3n) is 8.59. The first-order chi connectivity index (χ1) is 23.7. The number of para-hydroxylation sites is 1. The van der Waals surface area contributed by atoms with E-state index in [9.17, 15) is 15.3 Å². The fourth-order valence-corrected chi connectivity index (χ4v) is 5.55. The van der Waals surface area contributed by atoms with Gasteiger partial charge in [0.25, 0.3) is 0 Å². The van der Waals surface area contributed by atoms with Gasteiger partial charge < -0.3 is 29.7 Å². The highest BCUT2D eigenvalue weighted by atomic mass is 79.9. The normalized spacial score (nSPS) is 14.0. The number of hydrogen-bond donors (Lipinski definition) is 4. The molecule has 1 aliphatic rings. The summed E-state index contributed by atoms with van der Waals surface area (Å²) < 4.78 is 12.6. The van der Waals surface area contributed by atoms with Crippen LogP contribution in [0.25, 0.3) is 11.1 Å². The van der Waals surface area contributed by atoms with Crippen LogP contribution < -0.4 is 5.46 Å². The van der Waals surface area contributed by atoms with E-state index in [1.807, 2.05) is 94.5 Å². The molecule has 5 rings (SSSR count). The number of benzene rings is 4. The van der Waals surface area contributed by atoms with Crippen LogP contribution in [0.5, 0.6) is 23.0 Å². The maximum absolute atomic E-state index is 10.3. The van der Waals surface area contributed by atoms with Gasteiger partial charge in [-0.25, -0.2) is 0 Å². The van der Waals surface area contributed by atoms with E-state index in [4.69, 9.17) is 14.4 Å². The second-order valence-corrected chi connectivity index (χ2v) is 13.8. The minimum Gasteiger partial charge on any atom is -0.508 e. The summed E-state index contributed by atoms with van der Waals surface area (Å²) in [7, 11) is -0.533. The molecule has 8 heteroatoms. The third kappa shape index (κ3) is 10.3. The second kappa shape index (κ2) is 17.9. The van der Waals surface area contributed by atoms with E-state index < -0.39 is 18.3 Å². The molecule has 0 spiro atoms. The molecule has 0 bridgehead atoms. The van der Waals surface area contributed by atoms with Gasteiger partial charge in [0, 0.05) is 16.6 Å². The van der Waals surface area contributed by atoms with Crippen LogP contribution >= 0.6 is 15.9 Å². The van der Waals surface area contributed by atoms with Crippen LogP contribution in [0, 0.1) is 0 Å². The smallest absolute Gasteiger partial charge is 0.498 e. The minimum atomic E-state index is -0.533. The van der Waals surface area contributed by atoms with Gasteiger partial charge in [-0.2, -0.15) is 0 Å². The number of allylic oxidation sites excluding steroid dienone is 4. The molecule has 0 atom stereocenters. The van der Waals surface area contributed by atoms with E-state index in [-0.39, 0.29) is 23.0 Å². The lowest BCUT2D eigenvalue weighted by Gasteiger charge is -2.32. The third-order valence-corrected chi connectivity index (χ3v) is 9.22. The van der Waals surface area contributed by atoms with Crippen LogP contribution in [0.3, 0.4) is 0 Å². The molecule has 262 valence electrons. The molecular weight excluding hydrogens is 691 g/mol. The van der Waals surface area contributed by atoms with Crippen molar-refractivity contribution in [3.63, 3.8) is 0 Å². The Bertz CT molecular complexity index is 1800. The molecule has 4 N–H and O–H groups in total. The fourth-order valence-electron chi connectivity index (χ4n) is 5.12. The van der Waals surface area contributed by atoms with Gasteiger partial charge in [-0.1, -0.05) is 66.8 Å². The monoisotopic (exact) mass is 738 g/mol. The predicted octanol–water partition coefficient (Wildman–Crippen LogP) is 9.52. The Hall–Kier alpha value is -4.50. The molecule has 1 heterocycles. The van der Waals surface area contributed by atoms with Gasteiger partial charge in [0.2, 0.25) is 0 Å². The van der Waals surface area contributed by atoms with E-state index >= 15 is 0 Å². The molecule has 0 radical (unpaired) electrons. The van der Waals surface area contributed by atoms with Gasteiger partial charge in [-0.05, 0) is 122 Å². The number of hydrogen-bond acceptors (Lipinski definition) is 6. The second-order valence-electron chi connectivity index (χ2n) is 12.9. The molecule has 0 saturated carbocycles. The van der Waals surface area contributed by atoms with Crippen molar-refractivity contribution in [3.05, 3.63) is 150 Å². The molecule has 0 aliphatic carbocycles. The lowest BCUT2D eigenvalue weighted by molar-refractivity contribution is 0.00578. The molecule has 0 unspecified atom stereocenters. The first-order valence-electron chi connectivity index (χ1n) is 16.4. The molecule has 1 aliphatic heterocycles. The summed E-state index contributed by atoms with van der Waals surface area (Å²) in [5, 5.41) is 39.5. The van der Waals surface area contributed by atoms with E-state index in [1.54, 1.807) is 30.3 Å². The van der Waals surface area contributed by atoms with Crippen LogP contribution in [0.2, 0.25) is 0 Å². The Balaban J connectivity index is 0.000000212. The summed E-state index contributed by atoms with van der Waals surface area (Å²) >= 11 is 3.23. The lowest BCUT2D eigenvalue weighted by Crippen LogP contribution is -2.41. The molecule has 0 aromatic heterocycles. The molecule has 0 amide bonds. The summed E-state index contributed by atoms with van der Waals surface area (Å²) in [5.74, 6) is 0.825. The maximum atomic E-state index is 10.3. The van der Waals surface area contributed by atoms with Crippen LogP contribution in [0.15, 0.2) is 128 Å². The van der Waals surface area contributed by atoms with Crippen molar-refractivity contribution in [1.29, 1.82) is 0 Å². The summed E-state index contributed by atoms with van der Waals surface area (Å²) in [6, 6.07) is 21.8. The summed E-state index contributed by atoms with van der Waals surface area (Å²) in [6.45, 7) is 22.7. The SMILES string of the molecule is C=CCc1ccc(O)c(-c2cccc(CC=C)c2O)c1.C=CCc1ccc(O)c(B2OC(C)(C)C(C)(C)O2)c1.C=CCc1ccc(O)c(Br)c1. The quantitative estimate of drug-likeness (QED) is 0.0956. The highest BCUT2D eigenvalue weighted by Gasteiger charge is 2.52. The molecule has 50 heavy (non-hydrogen) atoms. The Morgan fingerprint density at radius 2 is 1.08 bits per heavy atom. The van der Waals surface area contributed by atoms with E-state index in [0.717, 1.165) is 46.0 Å². The average Bonchev–Trinajstić information content (AvgIpc) is 3.29.